The molecule has 31 heavy (non-hydrogen) atoms. The fraction of sp³-hybridized carbons (Fsp3) is 0.391. The molecule has 2 aromatic carbocycles. The highest BCUT2D eigenvalue weighted by Gasteiger charge is 2.40. The predicted octanol–water partition coefficient (Wildman–Crippen LogP) is 2.78. The minimum atomic E-state index is -0.834. The van der Waals surface area contributed by atoms with Gasteiger partial charge in [-0.1, -0.05) is 60.7 Å². The van der Waals surface area contributed by atoms with Gasteiger partial charge in [0.2, 0.25) is 0 Å². The molecule has 3 unspecified atom stereocenters. The van der Waals surface area contributed by atoms with E-state index in [1.54, 1.807) is 0 Å². The van der Waals surface area contributed by atoms with Gasteiger partial charge >= 0.3 is 0 Å². The average Bonchev–Trinajstić information content (AvgIpc) is 3.05. The Kier molecular flexibility index (Phi) is 9.05. The number of rotatable bonds is 12. The lowest BCUT2D eigenvalue weighted by atomic mass is 10.2. The molecule has 1 aliphatic heterocycles. The van der Waals surface area contributed by atoms with Crippen LogP contribution in [0.4, 0.5) is 4.79 Å². The minimum absolute atomic E-state index is 0.101. The number of imide groups is 1. The Labute approximate surface area is 186 Å². The van der Waals surface area contributed by atoms with Gasteiger partial charge in [0.15, 0.2) is 5.44 Å². The van der Waals surface area contributed by atoms with Crippen LogP contribution in [0.5, 0.6) is 0 Å². The van der Waals surface area contributed by atoms with Gasteiger partial charge < -0.3 is 19.9 Å². The summed E-state index contributed by atoms with van der Waals surface area (Å²) in [4.78, 5) is 25.9. The lowest BCUT2D eigenvalue weighted by Gasteiger charge is -2.19. The summed E-state index contributed by atoms with van der Waals surface area (Å²) in [5.41, 5.74) is 1.11. The van der Waals surface area contributed by atoms with Crippen LogP contribution < -0.4 is 5.32 Å². The zero-order valence-electron chi connectivity index (χ0n) is 17.5. The van der Waals surface area contributed by atoms with Gasteiger partial charge in [0, 0.05) is 12.6 Å². The van der Waals surface area contributed by atoms with E-state index in [9.17, 15) is 14.7 Å². The maximum absolute atomic E-state index is 12.5. The first-order valence-electron chi connectivity index (χ1n) is 10.2. The Bertz CT molecular complexity index is 836. The van der Waals surface area contributed by atoms with Gasteiger partial charge in [-0.25, -0.2) is 0 Å². The van der Waals surface area contributed by atoms with Crippen LogP contribution in [-0.4, -0.2) is 58.5 Å². The fourth-order valence-corrected chi connectivity index (χ4v) is 3.85. The highest BCUT2D eigenvalue weighted by molar-refractivity contribution is 8.15. The number of benzene rings is 2. The van der Waals surface area contributed by atoms with E-state index in [1.165, 1.54) is 4.90 Å². The Balaban J connectivity index is 1.33. The van der Waals surface area contributed by atoms with E-state index in [-0.39, 0.29) is 36.9 Å². The maximum atomic E-state index is 12.5. The fourth-order valence-electron chi connectivity index (χ4n) is 3.01. The van der Waals surface area contributed by atoms with Crippen molar-refractivity contribution >= 4 is 22.9 Å². The Morgan fingerprint density at radius 1 is 1.03 bits per heavy atom. The van der Waals surface area contributed by atoms with Crippen molar-refractivity contribution in [2.75, 3.05) is 19.8 Å². The lowest BCUT2D eigenvalue weighted by molar-refractivity contribution is -0.134. The minimum Gasteiger partial charge on any atom is -0.389 e. The van der Waals surface area contributed by atoms with E-state index in [1.807, 2.05) is 67.6 Å². The smallest absolute Gasteiger partial charge is 0.291 e. The van der Waals surface area contributed by atoms with Crippen LogP contribution >= 0.6 is 11.8 Å². The van der Waals surface area contributed by atoms with Crippen molar-refractivity contribution in [1.29, 1.82) is 0 Å². The number of ether oxygens (including phenoxy) is 2. The highest BCUT2D eigenvalue weighted by Crippen LogP contribution is 2.29. The van der Waals surface area contributed by atoms with Gasteiger partial charge in [-0.3, -0.25) is 14.5 Å². The van der Waals surface area contributed by atoms with Crippen LogP contribution in [0, 0.1) is 0 Å². The molecule has 1 heterocycles. The molecule has 2 amide bonds. The van der Waals surface area contributed by atoms with Crippen LogP contribution in [0.15, 0.2) is 60.7 Å². The molecule has 0 aromatic heterocycles. The summed E-state index contributed by atoms with van der Waals surface area (Å²) < 4.78 is 11.2. The number of thioether (sulfide) groups is 1. The summed E-state index contributed by atoms with van der Waals surface area (Å²) in [5.74, 6) is -0.333. The summed E-state index contributed by atoms with van der Waals surface area (Å²) in [7, 11) is 0. The zero-order valence-corrected chi connectivity index (χ0v) is 18.3. The third kappa shape index (κ3) is 7.45. The molecule has 7 nitrogen and oxygen atoms in total. The van der Waals surface area contributed by atoms with Gasteiger partial charge in [0.05, 0.1) is 32.5 Å². The van der Waals surface area contributed by atoms with Gasteiger partial charge in [0.25, 0.3) is 11.1 Å². The third-order valence-corrected chi connectivity index (χ3v) is 5.67. The number of nitrogens with one attached hydrogen (secondary N) is 1. The molecule has 0 saturated carbocycles. The molecule has 1 aliphatic rings. The van der Waals surface area contributed by atoms with Crippen molar-refractivity contribution in [3.05, 3.63) is 71.8 Å². The largest absolute Gasteiger partial charge is 0.389 e. The van der Waals surface area contributed by atoms with Crippen molar-refractivity contribution in [3.63, 3.8) is 0 Å². The van der Waals surface area contributed by atoms with Gasteiger partial charge in [0.1, 0.15) is 0 Å². The molecule has 1 fully saturated rings. The standard InChI is InChI=1S/C23H28N2O5S/c1-17(24-12-20(26)16-29-15-19-10-6-3-7-11-19)14-30-22-21(27)25(23(28)31-22)13-18-8-4-2-5-9-18/h2-11,17,20,22,24,26H,12-16H2,1H3. The topological polar surface area (TPSA) is 88.1 Å². The molecule has 3 rings (SSSR count). The molecular formula is C23H28N2O5S. The summed E-state index contributed by atoms with van der Waals surface area (Å²) in [6.07, 6.45) is -0.656. The van der Waals surface area contributed by atoms with Gasteiger partial charge in [-0.2, -0.15) is 0 Å². The average molecular weight is 445 g/mol. The van der Waals surface area contributed by atoms with E-state index < -0.39 is 11.5 Å². The number of hydrogen-bond acceptors (Lipinski definition) is 7. The molecule has 166 valence electrons. The SMILES string of the molecule is CC(COC1SC(=O)N(Cc2ccccc2)C1=O)NCC(O)COCc1ccccc1. The van der Waals surface area contributed by atoms with Gasteiger partial charge in [-0.05, 0) is 29.8 Å². The number of carbonyl (C=O) groups is 2. The van der Waals surface area contributed by atoms with Crippen molar-refractivity contribution in [2.45, 2.75) is 37.7 Å². The van der Waals surface area contributed by atoms with Gasteiger partial charge in [-0.15, -0.1) is 0 Å². The lowest BCUT2D eigenvalue weighted by Crippen LogP contribution is -2.39. The summed E-state index contributed by atoms with van der Waals surface area (Å²) in [6.45, 7) is 3.39. The third-order valence-electron chi connectivity index (χ3n) is 4.70. The van der Waals surface area contributed by atoms with E-state index >= 15 is 0 Å². The Hall–Kier alpha value is -2.23. The second-order valence-corrected chi connectivity index (χ2v) is 8.44. The van der Waals surface area contributed by atoms with E-state index in [0.717, 1.165) is 22.9 Å². The number of carbonyl (C=O) groups excluding carboxylic acids is 2. The molecule has 2 N–H and O–H groups in total. The molecule has 2 aromatic rings. The molecule has 0 aliphatic carbocycles. The van der Waals surface area contributed by atoms with Crippen molar-refractivity contribution in [1.82, 2.24) is 10.2 Å². The van der Waals surface area contributed by atoms with Crippen LogP contribution in [0.25, 0.3) is 0 Å². The van der Waals surface area contributed by atoms with Crippen molar-refractivity contribution in [3.8, 4) is 0 Å². The summed E-state index contributed by atoms with van der Waals surface area (Å²) >= 11 is 0.894. The number of aliphatic hydroxyl groups excluding tert-OH is 1. The summed E-state index contributed by atoms with van der Waals surface area (Å²) in [6, 6.07) is 19.1. The zero-order chi connectivity index (χ0) is 22.1. The first-order valence-corrected chi connectivity index (χ1v) is 11.1. The number of aliphatic hydroxyl groups is 1. The quantitative estimate of drug-likeness (QED) is 0.520. The molecule has 0 bridgehead atoms. The summed E-state index contributed by atoms with van der Waals surface area (Å²) in [5, 5.41) is 12.9. The number of nitrogens with zero attached hydrogens (tertiary/aromatic N) is 1. The first kappa shape index (κ1) is 23.4. The van der Waals surface area contributed by atoms with E-state index in [4.69, 9.17) is 9.47 Å². The molecule has 0 spiro atoms. The maximum Gasteiger partial charge on any atom is 0.291 e. The molecule has 8 heteroatoms. The van der Waals surface area contributed by atoms with Crippen LogP contribution in [-0.2, 0) is 27.4 Å². The van der Waals surface area contributed by atoms with E-state index in [0.29, 0.717) is 13.2 Å². The molecular weight excluding hydrogens is 416 g/mol. The Morgan fingerprint density at radius 3 is 2.35 bits per heavy atom. The Morgan fingerprint density at radius 2 is 1.68 bits per heavy atom. The van der Waals surface area contributed by atoms with Crippen molar-refractivity contribution in [2.24, 2.45) is 0 Å². The van der Waals surface area contributed by atoms with Crippen LogP contribution in [0.2, 0.25) is 0 Å². The van der Waals surface area contributed by atoms with Crippen LogP contribution in [0.3, 0.4) is 0 Å². The van der Waals surface area contributed by atoms with E-state index in [2.05, 4.69) is 5.32 Å². The van der Waals surface area contributed by atoms with Crippen LogP contribution in [0.1, 0.15) is 18.1 Å². The number of amides is 2. The molecule has 0 radical (unpaired) electrons. The normalized spacial score (nSPS) is 18.4. The number of hydrogen-bond donors (Lipinski definition) is 2. The highest BCUT2D eigenvalue weighted by atomic mass is 32.2. The second kappa shape index (κ2) is 12.0. The second-order valence-electron chi connectivity index (χ2n) is 7.42. The molecule has 3 atom stereocenters. The predicted molar refractivity (Wildman–Crippen MR) is 119 cm³/mol. The monoisotopic (exact) mass is 444 g/mol. The molecule has 1 saturated heterocycles. The van der Waals surface area contributed by atoms with Crippen molar-refractivity contribution < 1.29 is 24.2 Å². The first-order chi connectivity index (χ1) is 15.0.